The minimum atomic E-state index is -0.541. The van der Waals surface area contributed by atoms with Gasteiger partial charge in [0.1, 0.15) is 6.04 Å². The molecule has 0 aromatic heterocycles. The van der Waals surface area contributed by atoms with E-state index in [2.05, 4.69) is 17.4 Å². The molecule has 4 nitrogen and oxygen atoms in total. The maximum absolute atomic E-state index is 13.2. The van der Waals surface area contributed by atoms with Crippen LogP contribution in [-0.4, -0.2) is 28.8 Å². The van der Waals surface area contributed by atoms with Gasteiger partial charge in [-0.25, -0.2) is 0 Å². The predicted octanol–water partition coefficient (Wildman–Crippen LogP) is 4.10. The molecule has 2 rings (SSSR count). The van der Waals surface area contributed by atoms with Crippen molar-refractivity contribution in [1.29, 1.82) is 0 Å². The van der Waals surface area contributed by atoms with Gasteiger partial charge in [0.05, 0.1) is 6.42 Å². The molecule has 4 heteroatoms. The average Bonchev–Trinajstić information content (AvgIpc) is 2.61. The van der Waals surface area contributed by atoms with Crippen molar-refractivity contribution >= 4 is 11.8 Å². The fourth-order valence-electron chi connectivity index (χ4n) is 3.25. The Morgan fingerprint density at radius 2 is 1.64 bits per heavy atom. The number of carbonyl (C=O) groups is 2. The highest BCUT2D eigenvalue weighted by molar-refractivity contribution is 5.88. The molecule has 0 radical (unpaired) electrons. The SMILES string of the molecule is Cc1cccc(CN(C(=O)Cc2cc(C)ccc2C)C(C)C(=O)NC(C)C)c1. The summed E-state index contributed by atoms with van der Waals surface area (Å²) in [4.78, 5) is 27.6. The fraction of sp³-hybridized carbons (Fsp3) is 0.417. The lowest BCUT2D eigenvalue weighted by Crippen LogP contribution is -2.49. The van der Waals surface area contributed by atoms with E-state index >= 15 is 0 Å². The van der Waals surface area contributed by atoms with Crippen LogP contribution in [0.15, 0.2) is 42.5 Å². The molecule has 1 atom stereocenters. The molecule has 2 aromatic rings. The molecule has 2 amide bonds. The summed E-state index contributed by atoms with van der Waals surface area (Å²) in [6.07, 6.45) is 0.290. The second kappa shape index (κ2) is 9.54. The zero-order valence-corrected chi connectivity index (χ0v) is 17.9. The summed E-state index contributed by atoms with van der Waals surface area (Å²) in [5.41, 5.74) is 5.39. The second-order valence-electron chi connectivity index (χ2n) is 7.96. The average molecular weight is 381 g/mol. The zero-order valence-electron chi connectivity index (χ0n) is 17.9. The summed E-state index contributed by atoms with van der Waals surface area (Å²) >= 11 is 0. The van der Waals surface area contributed by atoms with Gasteiger partial charge in [0.15, 0.2) is 0 Å². The van der Waals surface area contributed by atoms with Crippen LogP contribution < -0.4 is 5.32 Å². The number of benzene rings is 2. The molecule has 0 spiro atoms. The van der Waals surface area contributed by atoms with E-state index in [1.54, 1.807) is 11.8 Å². The molecule has 0 bridgehead atoms. The quantitative estimate of drug-likeness (QED) is 0.786. The lowest BCUT2D eigenvalue weighted by atomic mass is 10.0. The molecule has 1 unspecified atom stereocenters. The lowest BCUT2D eigenvalue weighted by Gasteiger charge is -2.30. The highest BCUT2D eigenvalue weighted by atomic mass is 16.2. The first kappa shape index (κ1) is 21.7. The van der Waals surface area contributed by atoms with Crippen molar-refractivity contribution in [1.82, 2.24) is 10.2 Å². The molecule has 1 N–H and O–H groups in total. The highest BCUT2D eigenvalue weighted by Gasteiger charge is 2.26. The first-order valence-corrected chi connectivity index (χ1v) is 9.89. The summed E-state index contributed by atoms with van der Waals surface area (Å²) in [6.45, 7) is 12.1. The number of aryl methyl sites for hydroxylation is 3. The molecule has 0 fully saturated rings. The van der Waals surface area contributed by atoms with Crippen molar-refractivity contribution in [2.75, 3.05) is 0 Å². The van der Waals surface area contributed by atoms with Crippen LogP contribution in [0.1, 0.15) is 48.6 Å². The summed E-state index contributed by atoms with van der Waals surface area (Å²) in [7, 11) is 0. The Labute approximate surface area is 169 Å². The number of hydrogen-bond donors (Lipinski definition) is 1. The van der Waals surface area contributed by atoms with E-state index in [4.69, 9.17) is 0 Å². The Morgan fingerprint density at radius 3 is 2.29 bits per heavy atom. The van der Waals surface area contributed by atoms with Crippen molar-refractivity contribution < 1.29 is 9.59 Å². The molecular weight excluding hydrogens is 348 g/mol. The van der Waals surface area contributed by atoms with Gasteiger partial charge in [-0.15, -0.1) is 0 Å². The third-order valence-corrected chi connectivity index (χ3v) is 4.88. The smallest absolute Gasteiger partial charge is 0.242 e. The maximum atomic E-state index is 13.2. The summed E-state index contributed by atoms with van der Waals surface area (Å²) in [6, 6.07) is 13.7. The van der Waals surface area contributed by atoms with Crippen LogP contribution in [0.2, 0.25) is 0 Å². The normalized spacial score (nSPS) is 12.0. The molecule has 0 aliphatic heterocycles. The second-order valence-corrected chi connectivity index (χ2v) is 7.96. The molecule has 0 saturated heterocycles. The minimum absolute atomic E-state index is 0.0323. The largest absolute Gasteiger partial charge is 0.352 e. The molecule has 28 heavy (non-hydrogen) atoms. The number of amides is 2. The van der Waals surface area contributed by atoms with Gasteiger partial charge < -0.3 is 10.2 Å². The van der Waals surface area contributed by atoms with Crippen LogP contribution in [0.3, 0.4) is 0 Å². The number of rotatable bonds is 7. The van der Waals surface area contributed by atoms with Gasteiger partial charge in [0.25, 0.3) is 0 Å². The number of nitrogens with one attached hydrogen (secondary N) is 1. The highest BCUT2D eigenvalue weighted by Crippen LogP contribution is 2.16. The Bertz CT molecular complexity index is 842. The Morgan fingerprint density at radius 1 is 0.964 bits per heavy atom. The van der Waals surface area contributed by atoms with E-state index in [0.717, 1.165) is 27.8 Å². The summed E-state index contributed by atoms with van der Waals surface area (Å²) < 4.78 is 0. The third-order valence-electron chi connectivity index (χ3n) is 4.88. The van der Waals surface area contributed by atoms with Gasteiger partial charge >= 0.3 is 0 Å². The van der Waals surface area contributed by atoms with E-state index in [9.17, 15) is 9.59 Å². The molecule has 0 saturated carbocycles. The van der Waals surface area contributed by atoms with Crippen LogP contribution in [0, 0.1) is 20.8 Å². The van der Waals surface area contributed by atoms with E-state index in [1.807, 2.05) is 65.0 Å². The van der Waals surface area contributed by atoms with Gasteiger partial charge in [-0.1, -0.05) is 53.6 Å². The maximum Gasteiger partial charge on any atom is 0.242 e. The van der Waals surface area contributed by atoms with Crippen molar-refractivity contribution in [2.45, 2.75) is 66.6 Å². The van der Waals surface area contributed by atoms with Crippen LogP contribution in [0.4, 0.5) is 0 Å². The van der Waals surface area contributed by atoms with E-state index in [-0.39, 0.29) is 17.9 Å². The lowest BCUT2D eigenvalue weighted by molar-refractivity contribution is -0.140. The van der Waals surface area contributed by atoms with Crippen LogP contribution in [-0.2, 0) is 22.6 Å². The topological polar surface area (TPSA) is 49.4 Å². The minimum Gasteiger partial charge on any atom is -0.352 e. The van der Waals surface area contributed by atoms with E-state index < -0.39 is 6.04 Å². The number of carbonyl (C=O) groups excluding carboxylic acids is 2. The van der Waals surface area contributed by atoms with E-state index in [0.29, 0.717) is 13.0 Å². The van der Waals surface area contributed by atoms with Crippen molar-refractivity contribution in [2.24, 2.45) is 0 Å². The number of nitrogens with zero attached hydrogens (tertiary/aromatic N) is 1. The number of hydrogen-bond acceptors (Lipinski definition) is 2. The zero-order chi connectivity index (χ0) is 20.8. The monoisotopic (exact) mass is 380 g/mol. The third kappa shape index (κ3) is 5.95. The first-order valence-electron chi connectivity index (χ1n) is 9.89. The van der Waals surface area contributed by atoms with Gasteiger partial charge in [-0.3, -0.25) is 9.59 Å². The van der Waals surface area contributed by atoms with Crippen molar-refractivity contribution in [3.05, 3.63) is 70.3 Å². The standard InChI is InChI=1S/C24H32N2O2/c1-16(2)25-24(28)20(6)26(15-21-9-7-8-17(3)12-21)23(27)14-22-13-18(4)10-11-19(22)5/h7-13,16,20H,14-15H2,1-6H3,(H,25,28). The fourth-order valence-corrected chi connectivity index (χ4v) is 3.25. The van der Waals surface area contributed by atoms with E-state index in [1.165, 1.54) is 0 Å². The molecular formula is C24H32N2O2. The summed E-state index contributed by atoms with van der Waals surface area (Å²) in [5, 5.41) is 2.93. The molecule has 150 valence electrons. The predicted molar refractivity (Wildman–Crippen MR) is 114 cm³/mol. The first-order chi connectivity index (χ1) is 13.2. The molecule has 0 aliphatic carbocycles. The van der Waals surface area contributed by atoms with Crippen molar-refractivity contribution in [3.63, 3.8) is 0 Å². The molecule has 2 aromatic carbocycles. The van der Waals surface area contributed by atoms with Gasteiger partial charge in [0.2, 0.25) is 11.8 Å². The van der Waals surface area contributed by atoms with Crippen LogP contribution in [0.5, 0.6) is 0 Å². The Balaban J connectivity index is 2.29. The van der Waals surface area contributed by atoms with Gasteiger partial charge in [-0.2, -0.15) is 0 Å². The van der Waals surface area contributed by atoms with Crippen LogP contribution >= 0.6 is 0 Å². The summed E-state index contributed by atoms with van der Waals surface area (Å²) in [5.74, 6) is -0.168. The van der Waals surface area contributed by atoms with Crippen molar-refractivity contribution in [3.8, 4) is 0 Å². The molecule has 0 heterocycles. The Kier molecular flexibility index (Phi) is 7.38. The van der Waals surface area contributed by atoms with Gasteiger partial charge in [-0.05, 0) is 58.2 Å². The Hall–Kier alpha value is -2.62. The van der Waals surface area contributed by atoms with Gasteiger partial charge in [0, 0.05) is 12.6 Å². The van der Waals surface area contributed by atoms with Crippen LogP contribution in [0.25, 0.3) is 0 Å². The molecule has 0 aliphatic rings.